The highest BCUT2D eigenvalue weighted by Gasteiger charge is 2.22. The Kier molecular flexibility index (Phi) is 4.55. The van der Waals surface area contributed by atoms with E-state index in [0.717, 1.165) is 16.0 Å². The van der Waals surface area contributed by atoms with Crippen LogP contribution >= 0.6 is 23.4 Å². The summed E-state index contributed by atoms with van der Waals surface area (Å²) in [5, 5.41) is 4.50. The zero-order valence-corrected chi connectivity index (χ0v) is 14.2. The number of carbonyl (C=O) groups excluding carboxylic acids is 1. The van der Waals surface area contributed by atoms with Gasteiger partial charge in [-0.15, -0.1) is 0 Å². The number of thioether (sulfide) groups is 1. The highest BCUT2D eigenvalue weighted by molar-refractivity contribution is 8.14. The average Bonchev–Trinajstić information content (AvgIpc) is 2.92. The van der Waals surface area contributed by atoms with Crippen LogP contribution in [0.2, 0.25) is 5.02 Å². The molecule has 5 heteroatoms. The molecule has 3 nitrogen and oxygen atoms in total. The van der Waals surface area contributed by atoms with E-state index in [2.05, 4.69) is 5.16 Å². The fraction of sp³-hybridized carbons (Fsp3) is 0.111. The molecule has 3 rings (SSSR count). The number of hydrogen-bond donors (Lipinski definition) is 0. The van der Waals surface area contributed by atoms with Gasteiger partial charge in [0, 0.05) is 15.5 Å². The van der Waals surface area contributed by atoms with Crippen molar-refractivity contribution in [1.82, 2.24) is 5.16 Å². The van der Waals surface area contributed by atoms with Crippen LogP contribution in [0.3, 0.4) is 0 Å². The number of hydrogen-bond acceptors (Lipinski definition) is 4. The second-order valence-electron chi connectivity index (χ2n) is 5.18. The molecule has 23 heavy (non-hydrogen) atoms. The van der Waals surface area contributed by atoms with Gasteiger partial charge < -0.3 is 4.52 Å². The largest absolute Gasteiger partial charge is 0.355 e. The Hall–Kier alpha value is -2.04. The first-order chi connectivity index (χ1) is 11.0. The van der Waals surface area contributed by atoms with Crippen molar-refractivity contribution in [2.75, 3.05) is 0 Å². The second-order valence-corrected chi connectivity index (χ2v) is 6.66. The van der Waals surface area contributed by atoms with Gasteiger partial charge in [0.15, 0.2) is 5.76 Å². The molecule has 0 unspecified atom stereocenters. The predicted molar refractivity (Wildman–Crippen MR) is 93.1 cm³/mol. The zero-order valence-electron chi connectivity index (χ0n) is 12.7. The topological polar surface area (TPSA) is 43.1 Å². The van der Waals surface area contributed by atoms with E-state index in [1.807, 2.05) is 43.3 Å². The highest BCUT2D eigenvalue weighted by atomic mass is 35.5. The van der Waals surface area contributed by atoms with E-state index in [0.29, 0.717) is 22.0 Å². The van der Waals surface area contributed by atoms with Gasteiger partial charge in [0.05, 0.1) is 11.3 Å². The van der Waals surface area contributed by atoms with Crippen LogP contribution in [0.1, 0.15) is 21.6 Å². The number of aryl methyl sites for hydroxylation is 2. The maximum atomic E-state index is 12.7. The van der Waals surface area contributed by atoms with Gasteiger partial charge >= 0.3 is 0 Å². The predicted octanol–water partition coefficient (Wildman–Crippen LogP) is 5.54. The summed E-state index contributed by atoms with van der Waals surface area (Å²) in [6, 6.07) is 15.0. The van der Waals surface area contributed by atoms with Crippen LogP contribution in [0, 0.1) is 13.8 Å². The first-order valence-electron chi connectivity index (χ1n) is 7.05. The lowest BCUT2D eigenvalue weighted by atomic mass is 10.1. The number of aromatic nitrogens is 1. The molecule has 0 N–H and O–H groups in total. The third kappa shape index (κ3) is 3.49. The maximum Gasteiger partial charge on any atom is 0.229 e. The number of carbonyl (C=O) groups is 1. The Morgan fingerprint density at radius 2 is 1.70 bits per heavy atom. The van der Waals surface area contributed by atoms with E-state index in [1.165, 1.54) is 11.8 Å². The lowest BCUT2D eigenvalue weighted by molar-refractivity contribution is 0.108. The van der Waals surface area contributed by atoms with Gasteiger partial charge in [-0.1, -0.05) is 34.5 Å². The van der Waals surface area contributed by atoms with Crippen molar-refractivity contribution in [3.05, 3.63) is 70.4 Å². The smallest absolute Gasteiger partial charge is 0.229 e. The van der Waals surface area contributed by atoms with Crippen LogP contribution in [0.5, 0.6) is 0 Å². The van der Waals surface area contributed by atoms with E-state index in [1.54, 1.807) is 19.1 Å². The molecule has 0 aliphatic heterocycles. The number of rotatable bonds is 3. The van der Waals surface area contributed by atoms with Crippen molar-refractivity contribution in [1.29, 1.82) is 0 Å². The molecule has 0 saturated heterocycles. The molecule has 2 aromatic carbocycles. The summed E-state index contributed by atoms with van der Waals surface area (Å²) >= 11 is 7.08. The Morgan fingerprint density at radius 3 is 2.35 bits per heavy atom. The highest BCUT2D eigenvalue weighted by Crippen LogP contribution is 2.32. The van der Waals surface area contributed by atoms with Crippen molar-refractivity contribution in [3.8, 4) is 11.3 Å². The molecule has 0 saturated carbocycles. The lowest BCUT2D eigenvalue weighted by Gasteiger charge is -2.03. The minimum absolute atomic E-state index is 0.0856. The minimum atomic E-state index is -0.0856. The molecule has 0 aliphatic carbocycles. The van der Waals surface area contributed by atoms with Crippen molar-refractivity contribution >= 4 is 28.5 Å². The normalized spacial score (nSPS) is 10.7. The average molecular weight is 344 g/mol. The fourth-order valence-corrected chi connectivity index (χ4v) is 3.13. The number of nitrogens with zero attached hydrogens (tertiary/aromatic N) is 1. The first kappa shape index (κ1) is 15.8. The Labute approximate surface area is 143 Å². The van der Waals surface area contributed by atoms with E-state index in [9.17, 15) is 4.79 Å². The van der Waals surface area contributed by atoms with Crippen molar-refractivity contribution in [2.45, 2.75) is 18.7 Å². The molecule has 1 heterocycles. The Morgan fingerprint density at radius 1 is 1.04 bits per heavy atom. The Balaban J connectivity index is 1.93. The van der Waals surface area contributed by atoms with Crippen LogP contribution in [-0.4, -0.2) is 10.3 Å². The van der Waals surface area contributed by atoms with Crippen molar-refractivity contribution in [3.63, 3.8) is 0 Å². The maximum absolute atomic E-state index is 12.7. The van der Waals surface area contributed by atoms with Crippen LogP contribution in [-0.2, 0) is 0 Å². The van der Waals surface area contributed by atoms with E-state index >= 15 is 0 Å². The molecule has 0 atom stereocenters. The van der Waals surface area contributed by atoms with Gasteiger partial charge in [0.1, 0.15) is 0 Å². The third-order valence-corrected chi connectivity index (χ3v) is 4.55. The molecule has 3 aromatic rings. The molecular formula is C18H14ClNO2S. The van der Waals surface area contributed by atoms with Crippen LogP contribution in [0.15, 0.2) is 57.9 Å². The molecule has 1 aromatic heterocycles. The molecule has 0 radical (unpaired) electrons. The van der Waals surface area contributed by atoms with Gasteiger partial charge in [-0.05, 0) is 62.0 Å². The zero-order chi connectivity index (χ0) is 16.4. The van der Waals surface area contributed by atoms with Gasteiger partial charge in [-0.25, -0.2) is 0 Å². The fourth-order valence-electron chi connectivity index (χ4n) is 2.17. The summed E-state index contributed by atoms with van der Waals surface area (Å²) in [5.41, 5.74) is 3.02. The second kappa shape index (κ2) is 6.60. The van der Waals surface area contributed by atoms with E-state index in [-0.39, 0.29) is 5.12 Å². The van der Waals surface area contributed by atoms with E-state index < -0.39 is 0 Å². The molecule has 0 amide bonds. The monoisotopic (exact) mass is 343 g/mol. The van der Waals surface area contributed by atoms with Crippen LogP contribution in [0.25, 0.3) is 11.3 Å². The lowest BCUT2D eigenvalue weighted by Crippen LogP contribution is -1.97. The summed E-state index contributed by atoms with van der Waals surface area (Å²) in [6.07, 6.45) is 0. The van der Waals surface area contributed by atoms with Gasteiger partial charge in [-0.2, -0.15) is 0 Å². The van der Waals surface area contributed by atoms with Gasteiger partial charge in [-0.3, -0.25) is 4.79 Å². The molecular weight excluding hydrogens is 330 g/mol. The van der Waals surface area contributed by atoms with Gasteiger partial charge in [0.2, 0.25) is 5.12 Å². The SMILES string of the molecule is Cc1ccc(SC(=O)c2c(C)noc2-c2ccc(Cl)cc2)cc1. The van der Waals surface area contributed by atoms with E-state index in [4.69, 9.17) is 16.1 Å². The van der Waals surface area contributed by atoms with Crippen LogP contribution in [0.4, 0.5) is 0 Å². The quantitative estimate of drug-likeness (QED) is 0.585. The molecule has 0 bridgehead atoms. The molecule has 0 aliphatic rings. The molecule has 0 fully saturated rings. The number of halogens is 1. The van der Waals surface area contributed by atoms with Crippen LogP contribution < -0.4 is 0 Å². The standard InChI is InChI=1S/C18H14ClNO2S/c1-11-3-9-15(10-4-11)23-18(21)16-12(2)20-22-17(16)13-5-7-14(19)8-6-13/h3-10H,1-2H3. The van der Waals surface area contributed by atoms with Crippen molar-refractivity contribution in [2.24, 2.45) is 0 Å². The summed E-state index contributed by atoms with van der Waals surface area (Å²) in [5.74, 6) is 0.476. The molecule has 116 valence electrons. The minimum Gasteiger partial charge on any atom is -0.355 e. The summed E-state index contributed by atoms with van der Waals surface area (Å²) in [6.45, 7) is 3.78. The Bertz CT molecular complexity index is 838. The number of benzene rings is 2. The first-order valence-corrected chi connectivity index (χ1v) is 8.25. The summed E-state index contributed by atoms with van der Waals surface area (Å²) in [7, 11) is 0. The molecule has 0 spiro atoms. The van der Waals surface area contributed by atoms with Crippen molar-refractivity contribution < 1.29 is 9.32 Å². The third-order valence-electron chi connectivity index (χ3n) is 3.40. The summed E-state index contributed by atoms with van der Waals surface area (Å²) < 4.78 is 5.37. The van der Waals surface area contributed by atoms with Gasteiger partial charge in [0.25, 0.3) is 0 Å². The summed E-state index contributed by atoms with van der Waals surface area (Å²) in [4.78, 5) is 13.6.